The summed E-state index contributed by atoms with van der Waals surface area (Å²) in [6.07, 6.45) is 0. The second-order valence-corrected chi connectivity index (χ2v) is 12.7. The highest BCUT2D eigenvalue weighted by atomic mass is 32.1. The minimum absolute atomic E-state index is 0.924. The van der Waals surface area contributed by atoms with Gasteiger partial charge in [0.2, 0.25) is 0 Å². The molecule has 45 heavy (non-hydrogen) atoms. The lowest BCUT2D eigenvalue weighted by molar-refractivity contribution is 0.669. The number of furan rings is 1. The first-order valence-electron chi connectivity index (χ1n) is 15.3. The average Bonchev–Trinajstić information content (AvgIpc) is 3.77. The van der Waals surface area contributed by atoms with Gasteiger partial charge >= 0.3 is 0 Å². The summed E-state index contributed by atoms with van der Waals surface area (Å²) in [7, 11) is 0. The Kier molecular flexibility index (Phi) is 5.19. The van der Waals surface area contributed by atoms with Gasteiger partial charge in [-0.3, -0.25) is 0 Å². The summed E-state index contributed by atoms with van der Waals surface area (Å²) in [4.78, 5) is 0. The monoisotopic (exact) mass is 591 g/mol. The molecule has 10 aromatic rings. The third kappa shape index (κ3) is 3.62. The van der Waals surface area contributed by atoms with Gasteiger partial charge in [0, 0.05) is 37.0 Å². The van der Waals surface area contributed by atoms with Crippen molar-refractivity contribution in [2.75, 3.05) is 0 Å². The maximum absolute atomic E-state index is 6.22. The van der Waals surface area contributed by atoms with E-state index in [4.69, 9.17) is 4.42 Å². The van der Waals surface area contributed by atoms with Crippen LogP contribution in [0.4, 0.5) is 0 Å². The number of rotatable bonds is 3. The highest BCUT2D eigenvalue weighted by molar-refractivity contribution is 7.26. The lowest BCUT2D eigenvalue weighted by atomic mass is 9.98. The van der Waals surface area contributed by atoms with E-state index < -0.39 is 0 Å². The standard InChI is InChI=1S/C42H25NOS/c1-2-10-26(11-3-1)27-20-22-31-30-12-4-6-16-35(30)43(37(31)25-27)36-17-8-15-32-34-24-28(21-23-40(34)45-42(32)36)29-14-9-19-39-41(29)33-13-5-7-18-38(33)44-39/h1-25H. The van der Waals surface area contributed by atoms with Gasteiger partial charge in [-0.05, 0) is 64.7 Å². The van der Waals surface area contributed by atoms with Crippen molar-refractivity contribution in [3.8, 4) is 27.9 Å². The van der Waals surface area contributed by atoms with E-state index in [9.17, 15) is 0 Å². The van der Waals surface area contributed by atoms with Crippen molar-refractivity contribution in [2.24, 2.45) is 0 Å². The molecule has 3 aromatic heterocycles. The van der Waals surface area contributed by atoms with Crippen molar-refractivity contribution < 1.29 is 4.42 Å². The largest absolute Gasteiger partial charge is 0.456 e. The zero-order chi connectivity index (χ0) is 29.5. The number of thiophene rings is 1. The minimum Gasteiger partial charge on any atom is -0.456 e. The van der Waals surface area contributed by atoms with Crippen LogP contribution in [-0.4, -0.2) is 4.57 Å². The molecule has 0 aliphatic rings. The summed E-state index contributed by atoms with van der Waals surface area (Å²) in [5.74, 6) is 0. The number of benzene rings is 7. The predicted molar refractivity (Wildman–Crippen MR) is 192 cm³/mol. The zero-order valence-electron chi connectivity index (χ0n) is 24.2. The Morgan fingerprint density at radius 3 is 2.11 bits per heavy atom. The highest BCUT2D eigenvalue weighted by Crippen LogP contribution is 2.44. The minimum atomic E-state index is 0.924. The van der Waals surface area contributed by atoms with Gasteiger partial charge in [0.1, 0.15) is 11.2 Å². The normalized spacial score (nSPS) is 12.0. The molecule has 10 rings (SSSR count). The molecule has 0 bridgehead atoms. The maximum Gasteiger partial charge on any atom is 0.136 e. The Bertz CT molecular complexity index is 2760. The van der Waals surface area contributed by atoms with Gasteiger partial charge in [0.05, 0.1) is 21.4 Å². The van der Waals surface area contributed by atoms with E-state index in [-0.39, 0.29) is 0 Å². The first kappa shape index (κ1) is 24.8. The van der Waals surface area contributed by atoms with E-state index in [2.05, 4.69) is 144 Å². The fourth-order valence-corrected chi connectivity index (χ4v) is 8.37. The third-order valence-corrected chi connectivity index (χ3v) is 10.4. The maximum atomic E-state index is 6.22. The first-order chi connectivity index (χ1) is 22.3. The number of hydrogen-bond donors (Lipinski definition) is 0. The quantitative estimate of drug-likeness (QED) is 0.200. The van der Waals surface area contributed by atoms with E-state index in [0.717, 1.165) is 16.6 Å². The molecule has 2 nitrogen and oxygen atoms in total. The van der Waals surface area contributed by atoms with E-state index in [0.29, 0.717) is 0 Å². The molecule has 3 heterocycles. The van der Waals surface area contributed by atoms with Crippen molar-refractivity contribution in [3.63, 3.8) is 0 Å². The Hall–Kier alpha value is -5.64. The smallest absolute Gasteiger partial charge is 0.136 e. The first-order valence-corrected chi connectivity index (χ1v) is 16.1. The van der Waals surface area contributed by atoms with Crippen LogP contribution in [0.5, 0.6) is 0 Å². The number of hydrogen-bond acceptors (Lipinski definition) is 2. The van der Waals surface area contributed by atoms with Crippen molar-refractivity contribution in [1.82, 2.24) is 4.57 Å². The summed E-state index contributed by atoms with van der Waals surface area (Å²) in [5, 5.41) is 7.43. The number of para-hydroxylation sites is 2. The van der Waals surface area contributed by atoms with E-state index in [1.54, 1.807) is 0 Å². The number of aromatic nitrogens is 1. The molecule has 0 N–H and O–H groups in total. The van der Waals surface area contributed by atoms with Crippen LogP contribution < -0.4 is 0 Å². The molecule has 0 amide bonds. The molecule has 0 saturated carbocycles. The summed E-state index contributed by atoms with van der Waals surface area (Å²) in [6, 6.07) is 54.7. The lowest BCUT2D eigenvalue weighted by Crippen LogP contribution is -1.94. The van der Waals surface area contributed by atoms with Crippen LogP contribution in [-0.2, 0) is 0 Å². The molecule has 0 saturated heterocycles. The van der Waals surface area contributed by atoms with Crippen LogP contribution in [0, 0.1) is 0 Å². The van der Waals surface area contributed by atoms with E-state index in [1.807, 2.05) is 23.5 Å². The summed E-state index contributed by atoms with van der Waals surface area (Å²) < 4.78 is 11.3. The average molecular weight is 592 g/mol. The molecule has 210 valence electrons. The summed E-state index contributed by atoms with van der Waals surface area (Å²) in [6.45, 7) is 0. The van der Waals surface area contributed by atoms with Crippen molar-refractivity contribution >= 4 is 75.3 Å². The highest BCUT2D eigenvalue weighted by Gasteiger charge is 2.18. The topological polar surface area (TPSA) is 18.1 Å². The van der Waals surface area contributed by atoms with Gasteiger partial charge in [-0.25, -0.2) is 0 Å². The molecule has 0 spiro atoms. The number of fused-ring (bicyclic) bond motifs is 9. The van der Waals surface area contributed by atoms with E-state index >= 15 is 0 Å². The molecule has 0 unspecified atom stereocenters. The molecular weight excluding hydrogens is 567 g/mol. The van der Waals surface area contributed by atoms with Gasteiger partial charge in [-0.2, -0.15) is 0 Å². The van der Waals surface area contributed by atoms with Crippen molar-refractivity contribution in [3.05, 3.63) is 152 Å². The Morgan fingerprint density at radius 2 is 1.18 bits per heavy atom. The molecule has 3 heteroatoms. The van der Waals surface area contributed by atoms with Gasteiger partial charge in [-0.1, -0.05) is 109 Å². The second-order valence-electron chi connectivity index (χ2n) is 11.7. The number of nitrogens with zero attached hydrogens (tertiary/aromatic N) is 1. The van der Waals surface area contributed by atoms with Crippen LogP contribution >= 0.6 is 11.3 Å². The molecule has 0 radical (unpaired) electrons. The third-order valence-electron chi connectivity index (χ3n) is 9.21. The van der Waals surface area contributed by atoms with Crippen molar-refractivity contribution in [2.45, 2.75) is 0 Å². The second kappa shape index (κ2) is 9.43. The molecule has 7 aromatic carbocycles. The lowest BCUT2D eigenvalue weighted by Gasteiger charge is -2.10. The summed E-state index contributed by atoms with van der Waals surface area (Å²) in [5.41, 5.74) is 10.4. The van der Waals surface area contributed by atoms with Gasteiger partial charge < -0.3 is 8.98 Å². The van der Waals surface area contributed by atoms with Crippen LogP contribution in [0.2, 0.25) is 0 Å². The SMILES string of the molecule is c1ccc(-c2ccc3c4ccccc4n(-c4cccc5c4sc4ccc(-c6cccc7oc8ccccc8c67)cc45)c3c2)cc1. The van der Waals surface area contributed by atoms with Gasteiger partial charge in [-0.15, -0.1) is 11.3 Å². The Morgan fingerprint density at radius 1 is 0.444 bits per heavy atom. The molecule has 0 aliphatic carbocycles. The Labute approximate surface area is 263 Å². The van der Waals surface area contributed by atoms with Crippen LogP contribution in [0.25, 0.3) is 91.9 Å². The van der Waals surface area contributed by atoms with Gasteiger partial charge in [0.25, 0.3) is 0 Å². The van der Waals surface area contributed by atoms with Crippen molar-refractivity contribution in [1.29, 1.82) is 0 Å². The van der Waals surface area contributed by atoms with Gasteiger partial charge in [0.15, 0.2) is 0 Å². The molecule has 0 fully saturated rings. The predicted octanol–water partition coefficient (Wildman–Crippen LogP) is 12.4. The van der Waals surface area contributed by atoms with E-state index in [1.165, 1.54) is 75.3 Å². The summed E-state index contributed by atoms with van der Waals surface area (Å²) >= 11 is 1.88. The van der Waals surface area contributed by atoms with Crippen LogP contribution in [0.3, 0.4) is 0 Å². The fourth-order valence-electron chi connectivity index (χ4n) is 7.18. The Balaban J connectivity index is 1.22. The fraction of sp³-hybridized carbons (Fsp3) is 0. The molecular formula is C42H25NOS. The molecule has 0 aliphatic heterocycles. The van der Waals surface area contributed by atoms with Crippen LogP contribution in [0.1, 0.15) is 0 Å². The van der Waals surface area contributed by atoms with Crippen LogP contribution in [0.15, 0.2) is 156 Å². The zero-order valence-corrected chi connectivity index (χ0v) is 25.0. The molecule has 0 atom stereocenters.